The lowest BCUT2D eigenvalue weighted by Crippen LogP contribution is -2.50. The smallest absolute Gasteiger partial charge is 0.245 e. The fraction of sp³-hybridized carbons (Fsp3) is 0.174. The van der Waals surface area contributed by atoms with Gasteiger partial charge < -0.3 is 11.1 Å². The summed E-state index contributed by atoms with van der Waals surface area (Å²) in [4.78, 5) is 28.2. The zero-order valence-electron chi connectivity index (χ0n) is 16.5. The summed E-state index contributed by atoms with van der Waals surface area (Å²) in [6.45, 7) is 0. The number of nitrogens with zero attached hydrogens (tertiary/aromatic N) is 2. The minimum absolute atomic E-state index is 0.0804. The van der Waals surface area contributed by atoms with Crippen molar-refractivity contribution < 1.29 is 18.4 Å². The second-order valence-corrected chi connectivity index (χ2v) is 8.21. The zero-order valence-corrected chi connectivity index (χ0v) is 17.3. The average molecular weight is 453 g/mol. The van der Waals surface area contributed by atoms with E-state index in [1.165, 1.54) is 29.2 Å². The number of benzene rings is 2. The van der Waals surface area contributed by atoms with Crippen LogP contribution in [0.5, 0.6) is 0 Å². The molecule has 1 atom stereocenters. The lowest BCUT2D eigenvalue weighted by atomic mass is 9.64. The van der Waals surface area contributed by atoms with Gasteiger partial charge in [0.1, 0.15) is 28.9 Å². The third-order valence-electron chi connectivity index (χ3n) is 6.15. The molecular weight excluding hydrogens is 438 g/mol. The summed E-state index contributed by atoms with van der Waals surface area (Å²) >= 11 is 5.97. The zero-order chi connectivity index (χ0) is 22.8. The number of anilines is 2. The number of nitrogens with two attached hydrogens (primary N) is 1. The minimum Gasteiger partial charge on any atom is -0.384 e. The van der Waals surface area contributed by atoms with Crippen LogP contribution in [0.25, 0.3) is 0 Å². The standard InChI is InChI=1S/C23H15ClF2N4O2/c24-15-9-12(5-6-16(15)26)30-18-2-1-3-19(31)20(18)23(14(10-27)21(30)28)13-8-11(25)4-7-17(13)29-22(23)32/h4-9H,1-3,28H2,(H,29,32). The van der Waals surface area contributed by atoms with Crippen molar-refractivity contribution >= 4 is 34.7 Å². The molecule has 3 N–H and O–H groups in total. The van der Waals surface area contributed by atoms with E-state index in [-0.39, 0.29) is 39.8 Å². The van der Waals surface area contributed by atoms with Gasteiger partial charge in [-0.05, 0) is 49.2 Å². The number of nitrogens with one attached hydrogen (secondary N) is 1. The van der Waals surface area contributed by atoms with Crippen LogP contribution in [-0.2, 0) is 15.0 Å². The Morgan fingerprint density at radius 3 is 2.66 bits per heavy atom. The summed E-state index contributed by atoms with van der Waals surface area (Å²) < 4.78 is 28.1. The van der Waals surface area contributed by atoms with E-state index in [2.05, 4.69) is 5.32 Å². The predicted molar refractivity (Wildman–Crippen MR) is 113 cm³/mol. The van der Waals surface area contributed by atoms with E-state index in [1.54, 1.807) is 0 Å². The van der Waals surface area contributed by atoms with E-state index in [9.17, 15) is 23.6 Å². The molecule has 5 rings (SSSR count). The minimum atomic E-state index is -1.86. The van der Waals surface area contributed by atoms with Crippen LogP contribution in [0.3, 0.4) is 0 Å². The van der Waals surface area contributed by atoms with Crippen LogP contribution in [0.4, 0.5) is 20.2 Å². The Hall–Kier alpha value is -3.70. The van der Waals surface area contributed by atoms with Gasteiger partial charge in [0.2, 0.25) is 5.91 Å². The number of ketones is 1. The molecule has 1 amide bonds. The van der Waals surface area contributed by atoms with E-state index < -0.39 is 23.0 Å². The third kappa shape index (κ3) is 2.49. The Kier molecular flexibility index (Phi) is 4.36. The molecule has 32 heavy (non-hydrogen) atoms. The summed E-state index contributed by atoms with van der Waals surface area (Å²) in [6, 6.07) is 9.63. The molecular formula is C23H15ClF2N4O2. The maximum Gasteiger partial charge on any atom is 0.245 e. The second-order valence-electron chi connectivity index (χ2n) is 7.80. The Morgan fingerprint density at radius 1 is 1.16 bits per heavy atom. The number of nitriles is 1. The second kappa shape index (κ2) is 6.90. The molecule has 1 aliphatic carbocycles. The first kappa shape index (κ1) is 20.2. The molecule has 0 radical (unpaired) electrons. The quantitative estimate of drug-likeness (QED) is 0.680. The molecule has 160 valence electrons. The van der Waals surface area contributed by atoms with Gasteiger partial charge in [-0.1, -0.05) is 11.6 Å². The van der Waals surface area contributed by atoms with Gasteiger partial charge >= 0.3 is 0 Å². The van der Waals surface area contributed by atoms with E-state index in [0.29, 0.717) is 29.9 Å². The SMILES string of the molecule is N#CC1=C(N)N(c2ccc(F)c(Cl)c2)C2=C(C(=O)CCC2)C12C(=O)Nc1ccc(F)cc12. The van der Waals surface area contributed by atoms with Crippen molar-refractivity contribution in [2.45, 2.75) is 24.7 Å². The highest BCUT2D eigenvalue weighted by molar-refractivity contribution is 6.31. The Labute approximate surface area is 186 Å². The number of Topliss-reactive ketones (excluding diaryl/α,β-unsaturated/α-hetero) is 1. The number of amides is 1. The number of allylic oxidation sites excluding steroid dienone is 1. The highest BCUT2D eigenvalue weighted by Crippen LogP contribution is 2.55. The average Bonchev–Trinajstić information content (AvgIpc) is 3.03. The highest BCUT2D eigenvalue weighted by atomic mass is 35.5. The summed E-state index contributed by atoms with van der Waals surface area (Å²) in [5.41, 5.74) is 5.70. The first-order valence-electron chi connectivity index (χ1n) is 9.84. The number of halogens is 3. The van der Waals surface area contributed by atoms with Gasteiger partial charge in [0.25, 0.3) is 0 Å². The van der Waals surface area contributed by atoms with Crippen molar-refractivity contribution in [3.8, 4) is 6.07 Å². The van der Waals surface area contributed by atoms with Gasteiger partial charge in [-0.3, -0.25) is 14.5 Å². The Morgan fingerprint density at radius 2 is 1.94 bits per heavy atom. The van der Waals surface area contributed by atoms with E-state index in [0.717, 1.165) is 12.1 Å². The normalized spacial score (nSPS) is 22.1. The molecule has 2 aromatic rings. The van der Waals surface area contributed by atoms with Gasteiger partial charge in [0.05, 0.1) is 10.6 Å². The van der Waals surface area contributed by atoms with Crippen molar-refractivity contribution in [2.75, 3.05) is 10.2 Å². The molecule has 9 heteroatoms. The van der Waals surface area contributed by atoms with E-state index in [1.807, 2.05) is 6.07 Å². The van der Waals surface area contributed by atoms with Crippen LogP contribution >= 0.6 is 11.6 Å². The van der Waals surface area contributed by atoms with Gasteiger partial charge in [-0.15, -0.1) is 0 Å². The number of carbonyl (C=O) groups excluding carboxylic acids is 2. The van der Waals surface area contributed by atoms with Gasteiger partial charge in [-0.25, -0.2) is 8.78 Å². The van der Waals surface area contributed by atoms with Gasteiger partial charge in [0.15, 0.2) is 5.78 Å². The number of fused-ring (bicyclic) bond motifs is 3. The van der Waals surface area contributed by atoms with Crippen molar-refractivity contribution in [3.63, 3.8) is 0 Å². The highest BCUT2D eigenvalue weighted by Gasteiger charge is 2.60. The molecule has 0 fully saturated rings. The molecule has 0 saturated heterocycles. The molecule has 2 aromatic carbocycles. The van der Waals surface area contributed by atoms with Gasteiger partial charge in [-0.2, -0.15) is 5.26 Å². The lowest BCUT2D eigenvalue weighted by Gasteiger charge is -2.43. The fourth-order valence-corrected chi connectivity index (χ4v) is 5.06. The Bertz CT molecular complexity index is 1340. The molecule has 0 saturated carbocycles. The summed E-state index contributed by atoms with van der Waals surface area (Å²) in [5, 5.41) is 12.6. The molecule has 0 bridgehead atoms. The van der Waals surface area contributed by atoms with Crippen molar-refractivity contribution in [1.29, 1.82) is 5.26 Å². The maximum absolute atomic E-state index is 14.3. The van der Waals surface area contributed by atoms with Crippen LogP contribution in [0.15, 0.2) is 59.1 Å². The molecule has 3 aliphatic rings. The largest absolute Gasteiger partial charge is 0.384 e. The van der Waals surface area contributed by atoms with Gasteiger partial charge in [0, 0.05) is 34.6 Å². The molecule has 2 aliphatic heterocycles. The number of hydrogen-bond donors (Lipinski definition) is 2. The third-order valence-corrected chi connectivity index (χ3v) is 6.44. The van der Waals surface area contributed by atoms with Crippen LogP contribution < -0.4 is 16.0 Å². The summed E-state index contributed by atoms with van der Waals surface area (Å²) in [6.07, 6.45) is 1.02. The molecule has 6 nitrogen and oxygen atoms in total. The van der Waals surface area contributed by atoms with Crippen LogP contribution in [0, 0.1) is 23.0 Å². The number of rotatable bonds is 1. The molecule has 0 aromatic heterocycles. The fourth-order valence-electron chi connectivity index (χ4n) is 4.88. The molecule has 1 spiro atoms. The summed E-state index contributed by atoms with van der Waals surface area (Å²) in [7, 11) is 0. The van der Waals surface area contributed by atoms with Crippen molar-refractivity contribution in [3.05, 3.63) is 81.3 Å². The lowest BCUT2D eigenvalue weighted by molar-refractivity contribution is -0.122. The van der Waals surface area contributed by atoms with E-state index in [4.69, 9.17) is 17.3 Å². The van der Waals surface area contributed by atoms with Crippen LogP contribution in [0.2, 0.25) is 5.02 Å². The van der Waals surface area contributed by atoms with Crippen LogP contribution in [-0.4, -0.2) is 11.7 Å². The number of carbonyl (C=O) groups is 2. The maximum atomic E-state index is 14.3. The van der Waals surface area contributed by atoms with Crippen LogP contribution in [0.1, 0.15) is 24.8 Å². The monoisotopic (exact) mass is 452 g/mol. The van der Waals surface area contributed by atoms with Crippen molar-refractivity contribution in [1.82, 2.24) is 0 Å². The first-order chi connectivity index (χ1) is 15.3. The first-order valence-corrected chi connectivity index (χ1v) is 10.2. The van der Waals surface area contributed by atoms with E-state index >= 15 is 0 Å². The molecule has 2 heterocycles. The molecule has 1 unspecified atom stereocenters. The Balaban J connectivity index is 1.88. The topological polar surface area (TPSA) is 99.2 Å². The number of hydrogen-bond acceptors (Lipinski definition) is 5. The predicted octanol–water partition coefficient (Wildman–Crippen LogP) is 4.03. The van der Waals surface area contributed by atoms with Crippen molar-refractivity contribution in [2.24, 2.45) is 5.73 Å². The summed E-state index contributed by atoms with van der Waals surface area (Å²) in [5.74, 6) is -2.33.